The molecule has 0 aliphatic rings. The Bertz CT molecular complexity index is 716. The van der Waals surface area contributed by atoms with Gasteiger partial charge in [-0.1, -0.05) is 0 Å². The minimum absolute atomic E-state index is 0.347. The number of aryl methyl sites for hydroxylation is 1. The number of nitrogen functional groups attached to an aromatic ring is 1. The van der Waals surface area contributed by atoms with Gasteiger partial charge in [-0.05, 0) is 31.2 Å². The van der Waals surface area contributed by atoms with E-state index < -0.39 is 0 Å². The van der Waals surface area contributed by atoms with E-state index in [9.17, 15) is 4.39 Å². The topological polar surface area (TPSA) is 56.2 Å². The van der Waals surface area contributed by atoms with Gasteiger partial charge in [0.15, 0.2) is 0 Å². The summed E-state index contributed by atoms with van der Waals surface area (Å²) in [5.74, 6) is 0.0651. The molecule has 4 nitrogen and oxygen atoms in total. The van der Waals surface area contributed by atoms with Crippen molar-refractivity contribution < 1.29 is 4.39 Å². The number of imidazole rings is 1. The van der Waals surface area contributed by atoms with E-state index in [1.165, 1.54) is 16.7 Å². The largest absolute Gasteiger partial charge is 0.383 e. The van der Waals surface area contributed by atoms with Gasteiger partial charge in [-0.15, -0.1) is 0 Å². The second-order valence-electron chi connectivity index (χ2n) is 4.11. The van der Waals surface area contributed by atoms with Gasteiger partial charge in [0, 0.05) is 23.7 Å². The first-order chi connectivity index (χ1) is 8.65. The lowest BCUT2D eigenvalue weighted by Crippen LogP contribution is -1.95. The van der Waals surface area contributed by atoms with E-state index in [1.54, 1.807) is 12.3 Å². The fourth-order valence-electron chi connectivity index (χ4n) is 1.86. The molecule has 0 atom stereocenters. The number of rotatable bonds is 1. The summed E-state index contributed by atoms with van der Waals surface area (Å²) in [7, 11) is 0. The monoisotopic (exact) mass is 242 g/mol. The quantitative estimate of drug-likeness (QED) is 0.713. The van der Waals surface area contributed by atoms with Crippen LogP contribution in [0.1, 0.15) is 5.69 Å². The van der Waals surface area contributed by atoms with Gasteiger partial charge in [0.05, 0.1) is 0 Å². The number of nitrogens with zero attached hydrogens (tertiary/aromatic N) is 3. The lowest BCUT2D eigenvalue weighted by Gasteiger charge is -1.99. The van der Waals surface area contributed by atoms with Crippen LogP contribution < -0.4 is 5.73 Å². The molecule has 0 aliphatic carbocycles. The van der Waals surface area contributed by atoms with E-state index in [4.69, 9.17) is 5.73 Å². The first kappa shape index (κ1) is 10.7. The van der Waals surface area contributed by atoms with Gasteiger partial charge in [-0.2, -0.15) is 0 Å². The molecule has 90 valence electrons. The molecular formula is C13H11FN4. The first-order valence-corrected chi connectivity index (χ1v) is 5.51. The lowest BCUT2D eigenvalue weighted by atomic mass is 10.2. The number of nitrogens with two attached hydrogens (primary N) is 1. The summed E-state index contributed by atoms with van der Waals surface area (Å²) >= 11 is 0. The third kappa shape index (κ3) is 1.60. The molecule has 2 N–H and O–H groups in total. The van der Waals surface area contributed by atoms with Gasteiger partial charge in [0.2, 0.25) is 0 Å². The third-order valence-electron chi connectivity index (χ3n) is 2.80. The van der Waals surface area contributed by atoms with Crippen LogP contribution in [-0.4, -0.2) is 14.4 Å². The minimum atomic E-state index is -0.347. The Morgan fingerprint density at radius 3 is 2.78 bits per heavy atom. The van der Waals surface area contributed by atoms with Gasteiger partial charge in [-0.3, -0.25) is 9.38 Å². The third-order valence-corrected chi connectivity index (χ3v) is 2.80. The molecule has 0 unspecified atom stereocenters. The van der Waals surface area contributed by atoms with Crippen LogP contribution in [0, 0.1) is 12.7 Å². The molecule has 0 amide bonds. The van der Waals surface area contributed by atoms with Gasteiger partial charge in [0.25, 0.3) is 0 Å². The van der Waals surface area contributed by atoms with Gasteiger partial charge >= 0.3 is 0 Å². The number of aromatic nitrogens is 3. The molecule has 0 saturated carbocycles. The van der Waals surface area contributed by atoms with Crippen molar-refractivity contribution in [2.45, 2.75) is 6.92 Å². The number of pyridine rings is 2. The van der Waals surface area contributed by atoms with E-state index in [1.807, 2.05) is 19.1 Å². The molecular weight excluding hydrogens is 231 g/mol. The second-order valence-corrected chi connectivity index (χ2v) is 4.11. The number of halogens is 1. The maximum absolute atomic E-state index is 13.2. The number of anilines is 1. The van der Waals surface area contributed by atoms with E-state index in [0.717, 1.165) is 11.3 Å². The fraction of sp³-hybridized carbons (Fsp3) is 0.0769. The predicted molar refractivity (Wildman–Crippen MR) is 67.5 cm³/mol. The Morgan fingerprint density at radius 2 is 2.06 bits per heavy atom. The number of fused-ring (bicyclic) bond motifs is 1. The summed E-state index contributed by atoms with van der Waals surface area (Å²) in [4.78, 5) is 8.59. The second kappa shape index (κ2) is 3.80. The fourth-order valence-corrected chi connectivity index (χ4v) is 1.86. The van der Waals surface area contributed by atoms with Gasteiger partial charge < -0.3 is 5.73 Å². The Kier molecular flexibility index (Phi) is 2.26. The van der Waals surface area contributed by atoms with Crippen molar-refractivity contribution in [2.24, 2.45) is 0 Å². The van der Waals surface area contributed by atoms with Crippen LogP contribution >= 0.6 is 0 Å². The Labute approximate surface area is 103 Å². The van der Waals surface area contributed by atoms with Gasteiger partial charge in [0.1, 0.15) is 23.0 Å². The standard InChI is InChI=1S/C13H11FN4/c1-8-2-3-9(6-16-8)12-13(15)18-7-10(14)4-5-11(18)17-12/h2-7H,15H2,1H3. The predicted octanol–water partition coefficient (Wildman–Crippen LogP) is 2.43. The Balaban J connectivity index is 2.23. The average molecular weight is 242 g/mol. The molecule has 0 bridgehead atoms. The molecule has 0 saturated heterocycles. The maximum atomic E-state index is 13.2. The lowest BCUT2D eigenvalue weighted by molar-refractivity contribution is 0.619. The number of hydrogen-bond acceptors (Lipinski definition) is 3. The average Bonchev–Trinajstić information content (AvgIpc) is 2.68. The maximum Gasteiger partial charge on any atom is 0.140 e. The summed E-state index contributed by atoms with van der Waals surface area (Å²) in [5.41, 5.74) is 8.96. The summed E-state index contributed by atoms with van der Waals surface area (Å²) in [6, 6.07) is 6.74. The highest BCUT2D eigenvalue weighted by Crippen LogP contribution is 2.25. The Morgan fingerprint density at radius 1 is 1.22 bits per heavy atom. The zero-order chi connectivity index (χ0) is 12.7. The van der Waals surface area contributed by atoms with E-state index in [-0.39, 0.29) is 5.82 Å². The number of hydrogen-bond donors (Lipinski definition) is 1. The van der Waals surface area contributed by atoms with Crippen LogP contribution in [0.4, 0.5) is 10.2 Å². The van der Waals surface area contributed by atoms with Crippen molar-refractivity contribution in [1.82, 2.24) is 14.4 Å². The van der Waals surface area contributed by atoms with Crippen molar-refractivity contribution in [3.05, 3.63) is 48.2 Å². The summed E-state index contributed by atoms with van der Waals surface area (Å²) in [6.07, 6.45) is 3.03. The summed E-state index contributed by atoms with van der Waals surface area (Å²) < 4.78 is 14.7. The molecule has 0 spiro atoms. The highest BCUT2D eigenvalue weighted by molar-refractivity contribution is 5.74. The van der Waals surface area contributed by atoms with Crippen LogP contribution in [-0.2, 0) is 0 Å². The molecule has 18 heavy (non-hydrogen) atoms. The summed E-state index contributed by atoms with van der Waals surface area (Å²) in [5, 5.41) is 0. The molecule has 0 fully saturated rings. The smallest absolute Gasteiger partial charge is 0.140 e. The molecule has 3 heterocycles. The minimum Gasteiger partial charge on any atom is -0.383 e. The SMILES string of the molecule is Cc1ccc(-c2nc3ccc(F)cn3c2N)cn1. The van der Waals surface area contributed by atoms with E-state index in [0.29, 0.717) is 17.2 Å². The summed E-state index contributed by atoms with van der Waals surface area (Å²) in [6.45, 7) is 1.91. The Hall–Kier alpha value is -2.43. The van der Waals surface area contributed by atoms with Crippen LogP contribution in [0.3, 0.4) is 0 Å². The van der Waals surface area contributed by atoms with Crippen molar-refractivity contribution in [3.8, 4) is 11.3 Å². The van der Waals surface area contributed by atoms with Crippen LogP contribution in [0.2, 0.25) is 0 Å². The van der Waals surface area contributed by atoms with Crippen LogP contribution in [0.15, 0.2) is 36.7 Å². The van der Waals surface area contributed by atoms with Crippen molar-refractivity contribution in [3.63, 3.8) is 0 Å². The molecule has 3 rings (SSSR count). The van der Waals surface area contributed by atoms with Crippen molar-refractivity contribution in [2.75, 3.05) is 5.73 Å². The first-order valence-electron chi connectivity index (χ1n) is 5.51. The zero-order valence-corrected chi connectivity index (χ0v) is 9.76. The van der Waals surface area contributed by atoms with Crippen molar-refractivity contribution in [1.29, 1.82) is 0 Å². The molecule has 0 aromatic carbocycles. The highest BCUT2D eigenvalue weighted by Gasteiger charge is 2.11. The molecule has 0 aliphatic heterocycles. The van der Waals surface area contributed by atoms with Crippen molar-refractivity contribution >= 4 is 11.5 Å². The van der Waals surface area contributed by atoms with Gasteiger partial charge in [-0.25, -0.2) is 9.37 Å². The zero-order valence-electron chi connectivity index (χ0n) is 9.76. The van der Waals surface area contributed by atoms with E-state index >= 15 is 0 Å². The molecule has 3 aromatic heterocycles. The molecule has 5 heteroatoms. The van der Waals surface area contributed by atoms with E-state index in [2.05, 4.69) is 9.97 Å². The van der Waals surface area contributed by atoms with Crippen LogP contribution in [0.25, 0.3) is 16.9 Å². The normalized spacial score (nSPS) is 11.0. The highest BCUT2D eigenvalue weighted by atomic mass is 19.1. The molecule has 0 radical (unpaired) electrons. The molecule has 3 aromatic rings. The van der Waals surface area contributed by atoms with Crippen LogP contribution in [0.5, 0.6) is 0 Å².